The summed E-state index contributed by atoms with van der Waals surface area (Å²) in [4.78, 5) is 0. The highest BCUT2D eigenvalue weighted by Gasteiger charge is 2.46. The molecule has 0 N–H and O–H groups in total. The molecule has 0 unspecified atom stereocenters. The van der Waals surface area contributed by atoms with Crippen molar-refractivity contribution in [2.45, 2.75) is 0 Å². The second-order valence-electron chi connectivity index (χ2n) is 37.6. The lowest BCUT2D eigenvalue weighted by Gasteiger charge is -2.35. The summed E-state index contributed by atoms with van der Waals surface area (Å²) >= 11 is 7.85. The van der Waals surface area contributed by atoms with Crippen molar-refractivity contribution in [1.82, 2.24) is 18.3 Å². The molecule has 30 aromatic rings. The summed E-state index contributed by atoms with van der Waals surface area (Å²) in [6.07, 6.45) is 0. The number of para-hydroxylation sites is 7. The summed E-state index contributed by atoms with van der Waals surface area (Å²) < 4.78 is 21.1. The van der Waals surface area contributed by atoms with Gasteiger partial charge in [0.15, 0.2) is 0 Å². The fraction of sp³-hybridized carbons (Fsp3) is 0. The molecule has 0 saturated heterocycles. The van der Waals surface area contributed by atoms with Crippen LogP contribution in [0.1, 0.15) is 0 Å². The molecule has 4 aliphatic rings. The fourth-order valence-corrected chi connectivity index (χ4v) is 31.2. The Morgan fingerprint density at radius 2 is 0.493 bits per heavy atom. The van der Waals surface area contributed by atoms with Crippen LogP contribution in [0.3, 0.4) is 0 Å². The SMILES string of the molecule is c1ccc(-n2c3ccccc3c3cc4c5c(cc6c7ccccc7n(-c7ccccc7)c46)B4c6c(cccc6-c6c7c4cc4c8ccc(-c9ccc%10c(c9)sc9cc%11c%12c(cc%13c%14ccccc%14sc%11%13)B%11c%13c(cccc%13-c%12c9%10)-c9c%10c%11cc%11c%12ccccc%12sc%11c%10cc%10sc%11ccccc%11c9%10)cc8n(-c8ccccc8)c4c7cc4c7ccccc7n(-c7ccccc7)c64)-c5c32)cc1. The Morgan fingerprint density at radius 1 is 0.172 bits per heavy atom. The predicted molar refractivity (Wildman–Crippen MR) is 582 cm³/mol. The average molecular weight is 1760 g/mol. The van der Waals surface area contributed by atoms with Gasteiger partial charge in [-0.05, 0) is 187 Å². The first-order valence-corrected chi connectivity index (χ1v) is 49.8. The molecular weight excluding hydrogens is 1700 g/mol. The van der Waals surface area contributed by atoms with Crippen molar-refractivity contribution in [2.75, 3.05) is 0 Å². The van der Waals surface area contributed by atoms with Crippen molar-refractivity contribution in [3.63, 3.8) is 0 Å². The second-order valence-corrected chi connectivity index (χ2v) is 41.9. The third-order valence-corrected chi connectivity index (χ3v) is 36.0. The molecule has 0 bridgehead atoms. The van der Waals surface area contributed by atoms with Gasteiger partial charge in [0.05, 0.1) is 44.1 Å². The van der Waals surface area contributed by atoms with Gasteiger partial charge in [-0.3, -0.25) is 0 Å². The van der Waals surface area contributed by atoms with Gasteiger partial charge in [-0.25, -0.2) is 0 Å². The number of hydrogen-bond acceptors (Lipinski definition) is 4. The van der Waals surface area contributed by atoms with Crippen LogP contribution < -0.4 is 32.8 Å². The van der Waals surface area contributed by atoms with E-state index in [-0.39, 0.29) is 13.4 Å². The van der Waals surface area contributed by atoms with Crippen molar-refractivity contribution >= 4 is 303 Å². The van der Waals surface area contributed by atoms with E-state index in [0.29, 0.717) is 0 Å². The number of thiophene rings is 4. The predicted octanol–water partition coefficient (Wildman–Crippen LogP) is 30.8. The molecule has 0 spiro atoms. The Morgan fingerprint density at radius 3 is 0.940 bits per heavy atom. The number of aromatic nitrogens is 4. The number of nitrogens with zero attached hydrogens (tertiary/aromatic N) is 4. The van der Waals surface area contributed by atoms with Crippen LogP contribution in [0.5, 0.6) is 0 Å². The molecule has 0 amide bonds. The standard InChI is InChI=1S/C124H64B2N4S4/c1-5-27-67(28-6-1)127-97-45-19-15-37-73(97)85-59-93-107-89(119(85)127)57-83-71-35-13-20-46-98(71)128(68-29-7-2-8-30-68)121(83)115(107)81-43-26-44-82-116-108-90(58-84-72-36-14-21-47-99(72)129(122(84)116)69-31-9-3-10-32-69)120-86(60-94(108)125(93)118(81)82)74-53-51-65(55-100(74)130(120)70-33-11-4-12-34-70)66-52-54-78-104(56-66)132-106-64-92-110-96(62-88-76-39-17-23-49-102(76)134-124(88)92)126-95-61-87-75-38-16-22-48-101(75)133-123(87)91-63-105-111(77-40-18-24-50-103(77)131-105)113(109(91)95)79-41-25-42-80(117(79)126)114(110)112(78)106/h1-64H. The van der Waals surface area contributed by atoms with E-state index in [0.717, 1.165) is 22.7 Å². The number of fused-ring (bicyclic) bond motifs is 40. The summed E-state index contributed by atoms with van der Waals surface area (Å²) in [5, 5.41) is 31.3. The molecule has 0 atom stereocenters. The quantitative estimate of drug-likeness (QED) is 0.153. The van der Waals surface area contributed by atoms with Crippen molar-refractivity contribution < 1.29 is 0 Å². The first kappa shape index (κ1) is 70.9. The van der Waals surface area contributed by atoms with E-state index >= 15 is 0 Å². The Bertz CT molecular complexity index is 10800. The van der Waals surface area contributed by atoms with Gasteiger partial charge in [-0.1, -0.05) is 300 Å². The third-order valence-electron chi connectivity index (χ3n) is 31.4. The number of hydrogen-bond donors (Lipinski definition) is 0. The molecule has 8 aromatic heterocycles. The Hall–Kier alpha value is -15.9. The third kappa shape index (κ3) is 8.71. The van der Waals surface area contributed by atoms with Gasteiger partial charge in [0.25, 0.3) is 0 Å². The Labute approximate surface area is 780 Å². The summed E-state index contributed by atoms with van der Waals surface area (Å²) in [7, 11) is 0. The van der Waals surface area contributed by atoms with Gasteiger partial charge in [0.2, 0.25) is 13.4 Å². The van der Waals surface area contributed by atoms with Crippen molar-refractivity contribution in [3.05, 3.63) is 388 Å². The van der Waals surface area contributed by atoms with Crippen LogP contribution in [0, 0.1) is 0 Å². The van der Waals surface area contributed by atoms with E-state index in [2.05, 4.69) is 407 Å². The normalized spacial score (nSPS) is 13.2. The van der Waals surface area contributed by atoms with Crippen LogP contribution in [-0.4, -0.2) is 31.7 Å². The minimum atomic E-state index is -0.202. The van der Waals surface area contributed by atoms with Crippen LogP contribution in [-0.2, 0) is 0 Å². The zero-order valence-corrected chi connectivity index (χ0v) is 74.8. The van der Waals surface area contributed by atoms with E-state index in [1.165, 1.54) is 299 Å². The molecule has 0 fully saturated rings. The zero-order valence-electron chi connectivity index (χ0n) is 71.5. The van der Waals surface area contributed by atoms with Gasteiger partial charge in [-0.15, -0.1) is 45.3 Å². The maximum Gasteiger partial charge on any atom is 0.244 e. The molecule has 0 saturated carbocycles. The Kier molecular flexibility index (Phi) is 13.4. The molecule has 0 radical (unpaired) electrons. The van der Waals surface area contributed by atoms with E-state index in [9.17, 15) is 0 Å². The zero-order chi connectivity index (χ0) is 86.2. The molecule has 34 rings (SSSR count). The van der Waals surface area contributed by atoms with Crippen LogP contribution in [0.4, 0.5) is 0 Å². The molecule has 610 valence electrons. The van der Waals surface area contributed by atoms with Gasteiger partial charge in [0.1, 0.15) is 0 Å². The molecule has 134 heavy (non-hydrogen) atoms. The van der Waals surface area contributed by atoms with Crippen molar-refractivity contribution in [2.24, 2.45) is 0 Å². The van der Waals surface area contributed by atoms with E-state index in [1.54, 1.807) is 0 Å². The maximum atomic E-state index is 2.69. The molecule has 22 aromatic carbocycles. The molecule has 4 nitrogen and oxygen atoms in total. The van der Waals surface area contributed by atoms with Crippen LogP contribution in [0.25, 0.3) is 289 Å². The monoisotopic (exact) mass is 1760 g/mol. The smallest absolute Gasteiger partial charge is 0.244 e. The summed E-state index contributed by atoms with van der Waals surface area (Å²) in [5.74, 6) is 0. The number of rotatable bonds is 5. The van der Waals surface area contributed by atoms with Gasteiger partial charge in [-0.2, -0.15) is 0 Å². The van der Waals surface area contributed by atoms with Crippen molar-refractivity contribution in [1.29, 1.82) is 0 Å². The molecule has 12 heterocycles. The van der Waals surface area contributed by atoms with Crippen LogP contribution in [0.15, 0.2) is 388 Å². The molecule has 4 aliphatic heterocycles. The summed E-state index contributed by atoms with van der Waals surface area (Å²) in [6.45, 7) is -0.216. The molecule has 0 aliphatic carbocycles. The fourth-order valence-electron chi connectivity index (χ4n) is 26.4. The molecular formula is C124H64B2N4S4. The van der Waals surface area contributed by atoms with Crippen molar-refractivity contribution in [3.8, 4) is 78.4 Å². The first-order chi connectivity index (χ1) is 66.5. The van der Waals surface area contributed by atoms with Gasteiger partial charge < -0.3 is 18.3 Å². The Balaban J connectivity index is 0.651. The van der Waals surface area contributed by atoms with E-state index in [4.69, 9.17) is 0 Å². The summed E-state index contributed by atoms with van der Waals surface area (Å²) in [5.41, 5.74) is 35.4. The highest BCUT2D eigenvalue weighted by atomic mass is 32.1. The highest BCUT2D eigenvalue weighted by Crippen LogP contribution is 2.58. The summed E-state index contributed by atoms with van der Waals surface area (Å²) in [6, 6.07) is 151. The van der Waals surface area contributed by atoms with E-state index < -0.39 is 0 Å². The first-order valence-electron chi connectivity index (χ1n) is 46.5. The van der Waals surface area contributed by atoms with E-state index in [1.807, 2.05) is 45.3 Å². The maximum absolute atomic E-state index is 2.69. The lowest BCUT2D eigenvalue weighted by Crippen LogP contribution is -2.57. The van der Waals surface area contributed by atoms with Crippen LogP contribution >= 0.6 is 45.3 Å². The number of benzene rings is 22. The van der Waals surface area contributed by atoms with Gasteiger partial charge >= 0.3 is 0 Å². The lowest BCUT2D eigenvalue weighted by atomic mass is 9.31. The van der Waals surface area contributed by atoms with Gasteiger partial charge in [0, 0.05) is 179 Å². The largest absolute Gasteiger partial charge is 0.309 e. The minimum absolute atomic E-state index is 0.0145. The average Bonchev–Trinajstić information content (AvgIpc) is 1.34. The van der Waals surface area contributed by atoms with Crippen LogP contribution in [0.2, 0.25) is 0 Å². The lowest BCUT2D eigenvalue weighted by molar-refractivity contribution is 1.18. The minimum Gasteiger partial charge on any atom is -0.309 e. The second kappa shape index (κ2) is 25.2. The highest BCUT2D eigenvalue weighted by molar-refractivity contribution is 7.29. The molecule has 10 heteroatoms. The topological polar surface area (TPSA) is 19.7 Å².